The van der Waals surface area contributed by atoms with Crippen LogP contribution in [0.3, 0.4) is 0 Å². The molecule has 6 nitrogen and oxygen atoms in total. The van der Waals surface area contributed by atoms with E-state index in [1.165, 1.54) is 0 Å². The molecule has 0 aliphatic rings. The molecule has 0 radical (unpaired) electrons. The van der Waals surface area contributed by atoms with Crippen LogP contribution in [-0.2, 0) is 0 Å². The Labute approximate surface area is 119 Å². The Hall–Kier alpha value is -1.14. The van der Waals surface area contributed by atoms with Crippen LogP contribution in [0.4, 0.5) is 11.9 Å². The zero-order chi connectivity index (χ0) is 14.3. The van der Waals surface area contributed by atoms with E-state index < -0.39 is 0 Å². The van der Waals surface area contributed by atoms with Gasteiger partial charge in [0.2, 0.25) is 17.2 Å². The lowest BCUT2D eigenvalue weighted by atomic mass is 9.95. The van der Waals surface area contributed by atoms with Crippen molar-refractivity contribution in [3.05, 3.63) is 5.28 Å². The van der Waals surface area contributed by atoms with Crippen molar-refractivity contribution < 1.29 is 5.11 Å². The maximum Gasteiger partial charge on any atom is 0.229 e. The normalized spacial score (nSPS) is 13.9. The summed E-state index contributed by atoms with van der Waals surface area (Å²) in [5.41, 5.74) is -0.262. The Bertz CT molecular complexity index is 404. The summed E-state index contributed by atoms with van der Waals surface area (Å²) in [5, 5.41) is 15.5. The maximum atomic E-state index is 9.10. The number of nitrogens with one attached hydrogen (secondary N) is 2. The van der Waals surface area contributed by atoms with Gasteiger partial charge >= 0.3 is 0 Å². The third-order valence-corrected chi connectivity index (χ3v) is 3.17. The number of rotatable bonds is 8. The summed E-state index contributed by atoms with van der Waals surface area (Å²) in [5.74, 6) is 0.892. The van der Waals surface area contributed by atoms with Crippen LogP contribution in [-0.4, -0.2) is 38.7 Å². The van der Waals surface area contributed by atoms with E-state index in [2.05, 4.69) is 32.5 Å². The third kappa shape index (κ3) is 5.16. The molecule has 19 heavy (non-hydrogen) atoms. The van der Waals surface area contributed by atoms with Crippen LogP contribution in [0.25, 0.3) is 0 Å². The Kier molecular flexibility index (Phi) is 6.24. The number of hydrogen-bond acceptors (Lipinski definition) is 6. The first-order chi connectivity index (χ1) is 9.03. The highest BCUT2D eigenvalue weighted by molar-refractivity contribution is 6.28. The van der Waals surface area contributed by atoms with Crippen molar-refractivity contribution in [2.75, 3.05) is 23.8 Å². The second kappa shape index (κ2) is 7.45. The number of aliphatic hydroxyl groups excluding tert-OH is 1. The molecule has 1 unspecified atom stereocenters. The van der Waals surface area contributed by atoms with Crippen LogP contribution in [0.5, 0.6) is 0 Å². The van der Waals surface area contributed by atoms with E-state index in [9.17, 15) is 0 Å². The van der Waals surface area contributed by atoms with Gasteiger partial charge in [-0.1, -0.05) is 13.8 Å². The first-order valence-corrected chi connectivity index (χ1v) is 6.95. The molecule has 108 valence electrons. The standard InChI is InChI=1S/C12H22ClN5O/c1-4-7-14-10-15-9(13)16-11(17-10)18-12(3,5-2)6-8-19/h19H,4-8H2,1-3H3,(H2,14,15,16,17,18). The van der Waals surface area contributed by atoms with Gasteiger partial charge in [-0.05, 0) is 37.8 Å². The molecule has 1 aromatic heterocycles. The Balaban J connectivity index is 2.84. The SMILES string of the molecule is CCCNc1nc(Cl)nc(NC(C)(CC)CCO)n1. The summed E-state index contributed by atoms with van der Waals surface area (Å²) in [7, 11) is 0. The molecule has 0 bridgehead atoms. The minimum atomic E-state index is -0.262. The Morgan fingerprint density at radius 1 is 1.21 bits per heavy atom. The maximum absolute atomic E-state index is 9.10. The van der Waals surface area contributed by atoms with Crippen molar-refractivity contribution in [3.8, 4) is 0 Å². The smallest absolute Gasteiger partial charge is 0.229 e. The van der Waals surface area contributed by atoms with Gasteiger partial charge in [-0.25, -0.2) is 0 Å². The number of aliphatic hydroxyl groups is 1. The molecule has 0 fully saturated rings. The first-order valence-electron chi connectivity index (χ1n) is 6.57. The molecule has 0 amide bonds. The molecule has 0 aliphatic carbocycles. The fraction of sp³-hybridized carbons (Fsp3) is 0.750. The number of anilines is 2. The van der Waals surface area contributed by atoms with Crippen molar-refractivity contribution in [3.63, 3.8) is 0 Å². The largest absolute Gasteiger partial charge is 0.396 e. The van der Waals surface area contributed by atoms with Gasteiger partial charge in [0.15, 0.2) is 0 Å². The number of halogens is 1. The summed E-state index contributed by atoms with van der Waals surface area (Å²) >= 11 is 5.89. The molecule has 7 heteroatoms. The second-order valence-corrected chi connectivity index (χ2v) is 5.03. The summed E-state index contributed by atoms with van der Waals surface area (Å²) in [6.45, 7) is 7.00. The predicted molar refractivity (Wildman–Crippen MR) is 77.6 cm³/mol. The van der Waals surface area contributed by atoms with E-state index in [0.29, 0.717) is 18.3 Å². The molecular formula is C12H22ClN5O. The van der Waals surface area contributed by atoms with E-state index in [1.807, 2.05) is 13.8 Å². The monoisotopic (exact) mass is 287 g/mol. The fourth-order valence-electron chi connectivity index (χ4n) is 1.57. The molecule has 0 spiro atoms. The van der Waals surface area contributed by atoms with Crippen LogP contribution < -0.4 is 10.6 Å². The van der Waals surface area contributed by atoms with Crippen molar-refractivity contribution in [2.45, 2.75) is 45.6 Å². The second-order valence-electron chi connectivity index (χ2n) is 4.69. The molecule has 0 saturated heterocycles. The van der Waals surface area contributed by atoms with Crippen molar-refractivity contribution >= 4 is 23.5 Å². The molecule has 0 saturated carbocycles. The Morgan fingerprint density at radius 3 is 2.47 bits per heavy atom. The molecule has 3 N–H and O–H groups in total. The minimum Gasteiger partial charge on any atom is -0.396 e. The van der Waals surface area contributed by atoms with Crippen LogP contribution in [0.15, 0.2) is 0 Å². The van der Waals surface area contributed by atoms with Gasteiger partial charge in [-0.15, -0.1) is 0 Å². The lowest BCUT2D eigenvalue weighted by molar-refractivity contribution is 0.251. The highest BCUT2D eigenvalue weighted by Gasteiger charge is 2.22. The van der Waals surface area contributed by atoms with E-state index in [-0.39, 0.29) is 17.4 Å². The molecule has 1 aromatic rings. The van der Waals surface area contributed by atoms with Gasteiger partial charge in [0.05, 0.1) is 0 Å². The van der Waals surface area contributed by atoms with E-state index in [4.69, 9.17) is 16.7 Å². The van der Waals surface area contributed by atoms with Gasteiger partial charge < -0.3 is 15.7 Å². The fourth-order valence-corrected chi connectivity index (χ4v) is 1.73. The van der Waals surface area contributed by atoms with Crippen LogP contribution in [0.2, 0.25) is 5.28 Å². The highest BCUT2D eigenvalue weighted by atomic mass is 35.5. The molecule has 1 atom stereocenters. The van der Waals surface area contributed by atoms with Gasteiger partial charge in [0.25, 0.3) is 0 Å². The van der Waals surface area contributed by atoms with Gasteiger partial charge in [0.1, 0.15) is 0 Å². The van der Waals surface area contributed by atoms with E-state index >= 15 is 0 Å². The van der Waals surface area contributed by atoms with E-state index in [0.717, 1.165) is 19.4 Å². The van der Waals surface area contributed by atoms with Crippen LogP contribution >= 0.6 is 11.6 Å². The number of nitrogens with zero attached hydrogens (tertiary/aromatic N) is 3. The van der Waals surface area contributed by atoms with Crippen LogP contribution in [0.1, 0.15) is 40.0 Å². The molecule has 0 aliphatic heterocycles. The van der Waals surface area contributed by atoms with Gasteiger partial charge in [0, 0.05) is 18.7 Å². The first kappa shape index (κ1) is 15.9. The van der Waals surface area contributed by atoms with Crippen molar-refractivity contribution in [2.24, 2.45) is 0 Å². The zero-order valence-corrected chi connectivity index (χ0v) is 12.5. The summed E-state index contributed by atoms with van der Waals surface area (Å²) in [6.07, 6.45) is 2.43. The van der Waals surface area contributed by atoms with E-state index in [1.54, 1.807) is 0 Å². The highest BCUT2D eigenvalue weighted by Crippen LogP contribution is 2.20. The third-order valence-electron chi connectivity index (χ3n) is 3.00. The zero-order valence-electron chi connectivity index (χ0n) is 11.7. The summed E-state index contributed by atoms with van der Waals surface area (Å²) in [4.78, 5) is 12.4. The molecular weight excluding hydrogens is 266 g/mol. The predicted octanol–water partition coefficient (Wildman–Crippen LogP) is 2.31. The average Bonchev–Trinajstić information content (AvgIpc) is 2.36. The molecule has 1 rings (SSSR count). The summed E-state index contributed by atoms with van der Waals surface area (Å²) < 4.78 is 0. The number of aromatic nitrogens is 3. The Morgan fingerprint density at radius 2 is 1.89 bits per heavy atom. The van der Waals surface area contributed by atoms with Crippen molar-refractivity contribution in [1.29, 1.82) is 0 Å². The van der Waals surface area contributed by atoms with Crippen LogP contribution in [0, 0.1) is 0 Å². The lowest BCUT2D eigenvalue weighted by Gasteiger charge is -2.28. The van der Waals surface area contributed by atoms with Gasteiger partial charge in [-0.2, -0.15) is 15.0 Å². The lowest BCUT2D eigenvalue weighted by Crippen LogP contribution is -2.36. The minimum absolute atomic E-state index is 0.108. The number of hydrogen-bond donors (Lipinski definition) is 3. The summed E-state index contributed by atoms with van der Waals surface area (Å²) in [6, 6.07) is 0. The average molecular weight is 288 g/mol. The quantitative estimate of drug-likeness (QED) is 0.680. The van der Waals surface area contributed by atoms with Gasteiger partial charge in [-0.3, -0.25) is 0 Å². The molecule has 0 aromatic carbocycles. The van der Waals surface area contributed by atoms with Crippen molar-refractivity contribution in [1.82, 2.24) is 15.0 Å². The topological polar surface area (TPSA) is 83.0 Å². The molecule has 1 heterocycles.